The van der Waals surface area contributed by atoms with Crippen molar-refractivity contribution in [3.05, 3.63) is 59.1 Å². The maximum atomic E-state index is 12.3. The normalized spacial score (nSPS) is 11.5. The molecule has 6 heteroatoms. The maximum absolute atomic E-state index is 12.3. The van der Waals surface area contributed by atoms with E-state index in [9.17, 15) is 9.59 Å². The highest BCUT2D eigenvalue weighted by Crippen LogP contribution is 2.26. The van der Waals surface area contributed by atoms with Crippen LogP contribution >= 0.6 is 11.6 Å². The van der Waals surface area contributed by atoms with Crippen LogP contribution in [-0.2, 0) is 9.59 Å². The average Bonchev–Trinajstić information content (AvgIpc) is 2.54. The summed E-state index contributed by atoms with van der Waals surface area (Å²) in [7, 11) is 1.56. The molecule has 0 aliphatic carbocycles. The zero-order valence-corrected chi connectivity index (χ0v) is 14.3. The van der Waals surface area contributed by atoms with Gasteiger partial charge in [-0.25, -0.2) is 0 Å². The van der Waals surface area contributed by atoms with Gasteiger partial charge >= 0.3 is 0 Å². The Kier molecular flexibility index (Phi) is 6.21. The molecule has 2 aromatic carbocycles. The van der Waals surface area contributed by atoms with Gasteiger partial charge in [0.2, 0.25) is 11.8 Å². The Morgan fingerprint density at radius 1 is 1.17 bits per heavy atom. The molecule has 2 amide bonds. The third-order valence-electron chi connectivity index (χ3n) is 3.40. The second-order valence-electron chi connectivity index (χ2n) is 5.26. The molecule has 0 saturated carbocycles. The Morgan fingerprint density at radius 2 is 1.92 bits per heavy atom. The van der Waals surface area contributed by atoms with Crippen molar-refractivity contribution in [2.45, 2.75) is 19.4 Å². The highest BCUT2D eigenvalue weighted by molar-refractivity contribution is 6.31. The minimum Gasteiger partial charge on any atom is -0.497 e. The van der Waals surface area contributed by atoms with E-state index in [1.165, 1.54) is 6.92 Å². The van der Waals surface area contributed by atoms with E-state index in [2.05, 4.69) is 10.6 Å². The van der Waals surface area contributed by atoms with E-state index < -0.39 is 6.04 Å². The molecule has 0 aliphatic rings. The van der Waals surface area contributed by atoms with Crippen LogP contribution in [0.3, 0.4) is 0 Å². The fourth-order valence-electron chi connectivity index (χ4n) is 2.34. The summed E-state index contributed by atoms with van der Waals surface area (Å²) in [5.74, 6) is 0.188. The molecule has 0 unspecified atom stereocenters. The smallest absolute Gasteiger partial charge is 0.226 e. The predicted molar refractivity (Wildman–Crippen MR) is 94.3 cm³/mol. The summed E-state index contributed by atoms with van der Waals surface area (Å²) >= 11 is 6.19. The van der Waals surface area contributed by atoms with Gasteiger partial charge in [0, 0.05) is 23.7 Å². The third kappa shape index (κ3) is 4.99. The van der Waals surface area contributed by atoms with Crippen molar-refractivity contribution >= 4 is 29.1 Å². The second-order valence-corrected chi connectivity index (χ2v) is 5.67. The fourth-order valence-corrected chi connectivity index (χ4v) is 2.61. The van der Waals surface area contributed by atoms with Gasteiger partial charge in [-0.15, -0.1) is 0 Å². The Morgan fingerprint density at radius 3 is 2.58 bits per heavy atom. The predicted octanol–water partition coefficient (Wildman–Crippen LogP) is 3.55. The summed E-state index contributed by atoms with van der Waals surface area (Å²) in [5.41, 5.74) is 1.33. The Balaban J connectivity index is 2.12. The van der Waals surface area contributed by atoms with Crippen molar-refractivity contribution in [1.29, 1.82) is 0 Å². The molecule has 0 fully saturated rings. The SMILES string of the molecule is COc1cccc(NC(=O)C[C@H](NC(C)=O)c2ccccc2Cl)c1. The molecular weight excluding hydrogens is 328 g/mol. The lowest BCUT2D eigenvalue weighted by Gasteiger charge is -2.19. The quantitative estimate of drug-likeness (QED) is 0.840. The zero-order valence-electron chi connectivity index (χ0n) is 13.5. The summed E-state index contributed by atoms with van der Waals surface area (Å²) in [6.45, 7) is 1.41. The largest absolute Gasteiger partial charge is 0.497 e. The van der Waals surface area contributed by atoms with Crippen LogP contribution in [0.25, 0.3) is 0 Å². The molecule has 0 radical (unpaired) electrons. The van der Waals surface area contributed by atoms with E-state index in [1.54, 1.807) is 49.6 Å². The van der Waals surface area contributed by atoms with Crippen LogP contribution in [0.2, 0.25) is 5.02 Å². The van der Waals surface area contributed by atoms with Crippen molar-refractivity contribution in [3.63, 3.8) is 0 Å². The number of benzene rings is 2. The molecule has 2 N–H and O–H groups in total. The molecule has 126 valence electrons. The minimum absolute atomic E-state index is 0.0700. The summed E-state index contributed by atoms with van der Waals surface area (Å²) in [4.78, 5) is 23.8. The van der Waals surface area contributed by atoms with Crippen LogP contribution in [0.15, 0.2) is 48.5 Å². The molecule has 0 aliphatic heterocycles. The van der Waals surface area contributed by atoms with Gasteiger partial charge < -0.3 is 15.4 Å². The summed E-state index contributed by atoms with van der Waals surface area (Å²) < 4.78 is 5.13. The van der Waals surface area contributed by atoms with E-state index in [1.807, 2.05) is 6.07 Å². The van der Waals surface area contributed by atoms with Crippen LogP contribution in [-0.4, -0.2) is 18.9 Å². The van der Waals surface area contributed by atoms with Gasteiger partial charge in [-0.05, 0) is 23.8 Å². The molecule has 0 saturated heterocycles. The number of nitrogens with one attached hydrogen (secondary N) is 2. The van der Waals surface area contributed by atoms with E-state index in [-0.39, 0.29) is 18.2 Å². The Labute approximate surface area is 146 Å². The average molecular weight is 347 g/mol. The molecule has 2 aromatic rings. The van der Waals surface area contributed by atoms with Gasteiger partial charge in [-0.1, -0.05) is 35.9 Å². The van der Waals surface area contributed by atoms with Gasteiger partial charge in [-0.3, -0.25) is 9.59 Å². The van der Waals surface area contributed by atoms with Crippen molar-refractivity contribution in [1.82, 2.24) is 5.32 Å². The molecule has 0 aromatic heterocycles. The van der Waals surface area contributed by atoms with E-state index in [4.69, 9.17) is 16.3 Å². The summed E-state index contributed by atoms with van der Waals surface area (Å²) in [6, 6.07) is 13.7. The molecule has 2 rings (SSSR count). The molecule has 1 atom stereocenters. The molecule has 24 heavy (non-hydrogen) atoms. The maximum Gasteiger partial charge on any atom is 0.226 e. The number of ether oxygens (including phenoxy) is 1. The van der Waals surface area contributed by atoms with Gasteiger partial charge in [0.25, 0.3) is 0 Å². The number of carbonyl (C=O) groups excluding carboxylic acids is 2. The molecule has 5 nitrogen and oxygen atoms in total. The fraction of sp³-hybridized carbons (Fsp3) is 0.222. The van der Waals surface area contributed by atoms with Crippen molar-refractivity contribution in [3.8, 4) is 5.75 Å². The first-order valence-corrected chi connectivity index (χ1v) is 7.83. The number of methoxy groups -OCH3 is 1. The number of rotatable bonds is 6. The van der Waals surface area contributed by atoms with Gasteiger partial charge in [-0.2, -0.15) is 0 Å². The first-order valence-electron chi connectivity index (χ1n) is 7.45. The summed E-state index contributed by atoms with van der Waals surface area (Å²) in [6.07, 6.45) is 0.0700. The number of halogens is 1. The number of carbonyl (C=O) groups is 2. The van der Waals surface area contributed by atoms with E-state index >= 15 is 0 Å². The van der Waals surface area contributed by atoms with Crippen LogP contribution in [0, 0.1) is 0 Å². The highest BCUT2D eigenvalue weighted by atomic mass is 35.5. The lowest BCUT2D eigenvalue weighted by atomic mass is 10.0. The first-order chi connectivity index (χ1) is 11.5. The highest BCUT2D eigenvalue weighted by Gasteiger charge is 2.19. The molecular formula is C18H19ClN2O3. The minimum atomic E-state index is -0.498. The number of hydrogen-bond acceptors (Lipinski definition) is 3. The van der Waals surface area contributed by atoms with Gasteiger partial charge in [0.1, 0.15) is 5.75 Å². The van der Waals surface area contributed by atoms with Crippen LogP contribution in [0.5, 0.6) is 5.75 Å². The van der Waals surface area contributed by atoms with Crippen molar-refractivity contribution < 1.29 is 14.3 Å². The molecule has 0 heterocycles. The number of hydrogen-bond donors (Lipinski definition) is 2. The van der Waals surface area contributed by atoms with E-state index in [0.717, 1.165) is 0 Å². The lowest BCUT2D eigenvalue weighted by Crippen LogP contribution is -2.30. The monoisotopic (exact) mass is 346 g/mol. The third-order valence-corrected chi connectivity index (χ3v) is 3.75. The second kappa shape index (κ2) is 8.36. The van der Waals surface area contributed by atoms with Gasteiger partial charge in [0.15, 0.2) is 0 Å². The van der Waals surface area contributed by atoms with Crippen LogP contribution < -0.4 is 15.4 Å². The zero-order chi connectivity index (χ0) is 17.5. The Bertz CT molecular complexity index is 734. The number of anilines is 1. The van der Waals surface area contributed by atoms with Crippen molar-refractivity contribution in [2.24, 2.45) is 0 Å². The molecule has 0 spiro atoms. The standard InChI is InChI=1S/C18H19ClN2O3/c1-12(22)20-17(15-8-3-4-9-16(15)19)11-18(23)21-13-6-5-7-14(10-13)24-2/h3-10,17H,11H2,1-2H3,(H,20,22)(H,21,23)/t17-/m0/s1. The van der Waals surface area contributed by atoms with Gasteiger partial charge in [0.05, 0.1) is 19.6 Å². The summed E-state index contributed by atoms with van der Waals surface area (Å²) in [5, 5.41) is 6.07. The van der Waals surface area contributed by atoms with E-state index in [0.29, 0.717) is 22.0 Å². The number of amides is 2. The topological polar surface area (TPSA) is 67.4 Å². The lowest BCUT2D eigenvalue weighted by molar-refractivity contribution is -0.120. The van der Waals surface area contributed by atoms with Crippen LogP contribution in [0.4, 0.5) is 5.69 Å². The molecule has 0 bridgehead atoms. The Hall–Kier alpha value is -2.53. The van der Waals surface area contributed by atoms with Crippen LogP contribution in [0.1, 0.15) is 24.9 Å². The first kappa shape index (κ1) is 17.8. The van der Waals surface area contributed by atoms with Crippen molar-refractivity contribution in [2.75, 3.05) is 12.4 Å².